The minimum absolute atomic E-state index is 0.0464. The second-order valence-corrected chi connectivity index (χ2v) is 3.49. The molecular formula is C12H11FN2O2. The molecule has 0 aliphatic heterocycles. The number of halogens is 1. The third kappa shape index (κ3) is 3.95. The van der Waals surface area contributed by atoms with Crippen LogP contribution in [0.25, 0.3) is 0 Å². The quantitative estimate of drug-likeness (QED) is 0.783. The van der Waals surface area contributed by atoms with Crippen molar-refractivity contribution in [1.29, 1.82) is 5.26 Å². The SMILES string of the molecule is C/C(=C/C(=O)O)CNc1ccc(F)c(C#N)c1. The normalized spacial score (nSPS) is 10.8. The number of anilines is 1. The summed E-state index contributed by atoms with van der Waals surface area (Å²) in [5.74, 6) is -1.59. The van der Waals surface area contributed by atoms with Gasteiger partial charge in [-0.2, -0.15) is 5.26 Å². The first-order chi connectivity index (χ1) is 8.02. The minimum Gasteiger partial charge on any atom is -0.478 e. The maximum Gasteiger partial charge on any atom is 0.328 e. The number of carboxylic acid groups (broad SMARTS) is 1. The number of benzene rings is 1. The molecule has 0 aliphatic carbocycles. The average Bonchev–Trinajstić information content (AvgIpc) is 2.27. The maximum absolute atomic E-state index is 13.0. The molecule has 1 aromatic rings. The first-order valence-electron chi connectivity index (χ1n) is 4.86. The lowest BCUT2D eigenvalue weighted by molar-refractivity contribution is -0.131. The Bertz CT molecular complexity index is 504. The highest BCUT2D eigenvalue weighted by Gasteiger charge is 2.02. The summed E-state index contributed by atoms with van der Waals surface area (Å²) in [4.78, 5) is 10.4. The maximum atomic E-state index is 13.0. The molecule has 0 heterocycles. The Kier molecular flexibility index (Phi) is 4.23. The standard InChI is InChI=1S/C12H11FN2O2/c1-8(4-12(16)17)7-15-10-2-3-11(13)9(5-10)6-14/h2-5,15H,7H2,1H3,(H,16,17)/b8-4-. The van der Waals surface area contributed by atoms with Crippen LogP contribution < -0.4 is 5.32 Å². The molecule has 0 saturated heterocycles. The highest BCUT2D eigenvalue weighted by atomic mass is 19.1. The summed E-state index contributed by atoms with van der Waals surface area (Å²) in [6.45, 7) is 1.98. The number of nitrogens with one attached hydrogen (secondary N) is 1. The van der Waals surface area contributed by atoms with Crippen molar-refractivity contribution >= 4 is 11.7 Å². The van der Waals surface area contributed by atoms with Crippen LogP contribution in [0.3, 0.4) is 0 Å². The molecule has 2 N–H and O–H groups in total. The number of nitrogens with zero attached hydrogens (tertiary/aromatic N) is 1. The fraction of sp³-hybridized carbons (Fsp3) is 0.167. The van der Waals surface area contributed by atoms with E-state index in [1.165, 1.54) is 18.2 Å². The van der Waals surface area contributed by atoms with Crippen molar-refractivity contribution in [3.8, 4) is 6.07 Å². The number of hydrogen-bond donors (Lipinski definition) is 2. The van der Waals surface area contributed by atoms with E-state index in [-0.39, 0.29) is 5.56 Å². The topological polar surface area (TPSA) is 73.1 Å². The van der Waals surface area contributed by atoms with Crippen LogP contribution in [-0.2, 0) is 4.79 Å². The van der Waals surface area contributed by atoms with E-state index < -0.39 is 11.8 Å². The van der Waals surface area contributed by atoms with Gasteiger partial charge < -0.3 is 10.4 Å². The number of nitriles is 1. The molecule has 0 spiro atoms. The smallest absolute Gasteiger partial charge is 0.328 e. The fourth-order valence-corrected chi connectivity index (χ4v) is 1.22. The molecule has 0 amide bonds. The van der Waals surface area contributed by atoms with E-state index in [1.807, 2.05) is 0 Å². The number of rotatable bonds is 4. The molecule has 0 aromatic heterocycles. The molecule has 0 aliphatic rings. The molecule has 17 heavy (non-hydrogen) atoms. The van der Waals surface area contributed by atoms with Crippen LogP contribution in [0.2, 0.25) is 0 Å². The van der Waals surface area contributed by atoms with E-state index in [1.54, 1.807) is 13.0 Å². The first-order valence-corrected chi connectivity index (χ1v) is 4.86. The molecule has 0 radical (unpaired) electrons. The van der Waals surface area contributed by atoms with Crippen LogP contribution >= 0.6 is 0 Å². The highest BCUT2D eigenvalue weighted by Crippen LogP contribution is 2.14. The Morgan fingerprint density at radius 1 is 1.65 bits per heavy atom. The summed E-state index contributed by atoms with van der Waals surface area (Å²) in [6, 6.07) is 5.79. The van der Waals surface area contributed by atoms with Crippen molar-refractivity contribution in [2.45, 2.75) is 6.92 Å². The lowest BCUT2D eigenvalue weighted by Gasteiger charge is -2.06. The molecule has 1 aromatic carbocycles. The Hall–Kier alpha value is -2.35. The van der Waals surface area contributed by atoms with Crippen molar-refractivity contribution in [2.75, 3.05) is 11.9 Å². The monoisotopic (exact) mass is 234 g/mol. The molecule has 0 fully saturated rings. The summed E-state index contributed by atoms with van der Waals surface area (Å²) >= 11 is 0. The number of carboxylic acids is 1. The molecule has 4 nitrogen and oxygen atoms in total. The van der Waals surface area contributed by atoms with Crippen molar-refractivity contribution < 1.29 is 14.3 Å². The zero-order chi connectivity index (χ0) is 12.8. The second-order valence-electron chi connectivity index (χ2n) is 3.49. The molecule has 0 unspecified atom stereocenters. The lowest BCUT2D eigenvalue weighted by Crippen LogP contribution is -2.05. The Balaban J connectivity index is 2.71. The van der Waals surface area contributed by atoms with Crippen molar-refractivity contribution in [3.05, 3.63) is 41.2 Å². The van der Waals surface area contributed by atoms with Crippen LogP contribution in [0, 0.1) is 17.1 Å². The molecule has 0 atom stereocenters. The predicted octanol–water partition coefficient (Wildman–Crippen LogP) is 2.14. The van der Waals surface area contributed by atoms with Crippen LogP contribution in [0.4, 0.5) is 10.1 Å². The van der Waals surface area contributed by atoms with Gasteiger partial charge in [0.25, 0.3) is 0 Å². The number of hydrogen-bond acceptors (Lipinski definition) is 3. The average molecular weight is 234 g/mol. The van der Waals surface area contributed by atoms with E-state index in [9.17, 15) is 9.18 Å². The van der Waals surface area contributed by atoms with Gasteiger partial charge in [-0.1, -0.05) is 0 Å². The summed E-state index contributed by atoms with van der Waals surface area (Å²) < 4.78 is 13.0. The second kappa shape index (κ2) is 5.66. The predicted molar refractivity (Wildman–Crippen MR) is 61.0 cm³/mol. The lowest BCUT2D eigenvalue weighted by atomic mass is 10.2. The van der Waals surface area contributed by atoms with Crippen LogP contribution in [0.15, 0.2) is 29.8 Å². The highest BCUT2D eigenvalue weighted by molar-refractivity contribution is 5.80. The van der Waals surface area contributed by atoms with Gasteiger partial charge in [0.05, 0.1) is 5.56 Å². The summed E-state index contributed by atoms with van der Waals surface area (Å²) in [7, 11) is 0. The van der Waals surface area contributed by atoms with Gasteiger partial charge in [-0.15, -0.1) is 0 Å². The third-order valence-electron chi connectivity index (χ3n) is 2.03. The molecule has 0 saturated carbocycles. The van der Waals surface area contributed by atoms with E-state index in [0.717, 1.165) is 6.08 Å². The van der Waals surface area contributed by atoms with Crippen molar-refractivity contribution in [1.82, 2.24) is 0 Å². The molecule has 5 heteroatoms. The molecule has 88 valence electrons. The summed E-state index contributed by atoms with van der Waals surface area (Å²) in [5.41, 5.74) is 1.15. The van der Waals surface area contributed by atoms with Gasteiger partial charge in [0.2, 0.25) is 0 Å². The van der Waals surface area contributed by atoms with Crippen molar-refractivity contribution in [3.63, 3.8) is 0 Å². The van der Waals surface area contributed by atoms with E-state index in [2.05, 4.69) is 5.32 Å². The third-order valence-corrected chi connectivity index (χ3v) is 2.03. The van der Waals surface area contributed by atoms with E-state index in [0.29, 0.717) is 17.8 Å². The van der Waals surface area contributed by atoms with Gasteiger partial charge >= 0.3 is 5.97 Å². The summed E-state index contributed by atoms with van der Waals surface area (Å²) in [5, 5.41) is 20.0. The molecular weight excluding hydrogens is 223 g/mol. The van der Waals surface area contributed by atoms with Crippen LogP contribution in [0.1, 0.15) is 12.5 Å². The minimum atomic E-state index is -1.01. The van der Waals surface area contributed by atoms with Gasteiger partial charge in [0.15, 0.2) is 0 Å². The van der Waals surface area contributed by atoms with Gasteiger partial charge in [-0.05, 0) is 30.7 Å². The molecule has 1 rings (SSSR count). The Morgan fingerprint density at radius 3 is 2.94 bits per heavy atom. The van der Waals surface area contributed by atoms with Crippen LogP contribution in [-0.4, -0.2) is 17.6 Å². The van der Waals surface area contributed by atoms with Crippen LogP contribution in [0.5, 0.6) is 0 Å². The number of aliphatic carboxylic acids is 1. The molecule has 0 bridgehead atoms. The Morgan fingerprint density at radius 2 is 2.35 bits per heavy atom. The zero-order valence-electron chi connectivity index (χ0n) is 9.20. The van der Waals surface area contributed by atoms with Gasteiger partial charge in [-0.3, -0.25) is 0 Å². The number of carbonyl (C=O) groups is 1. The largest absolute Gasteiger partial charge is 0.478 e. The zero-order valence-corrected chi connectivity index (χ0v) is 9.20. The van der Waals surface area contributed by atoms with Gasteiger partial charge in [-0.25, -0.2) is 9.18 Å². The van der Waals surface area contributed by atoms with Gasteiger partial charge in [0, 0.05) is 18.3 Å². The van der Waals surface area contributed by atoms with Gasteiger partial charge in [0.1, 0.15) is 11.9 Å². The fourth-order valence-electron chi connectivity index (χ4n) is 1.22. The summed E-state index contributed by atoms with van der Waals surface area (Å²) in [6.07, 6.45) is 1.09. The van der Waals surface area contributed by atoms with Crippen molar-refractivity contribution in [2.24, 2.45) is 0 Å². The van der Waals surface area contributed by atoms with E-state index in [4.69, 9.17) is 10.4 Å². The van der Waals surface area contributed by atoms with E-state index >= 15 is 0 Å². The Labute approximate surface area is 98.0 Å². The first kappa shape index (κ1) is 12.7.